The van der Waals surface area contributed by atoms with Crippen LogP contribution in [0.2, 0.25) is 0 Å². The van der Waals surface area contributed by atoms with Crippen LogP contribution in [-0.4, -0.2) is 22.1 Å². The van der Waals surface area contributed by atoms with E-state index in [-0.39, 0.29) is 16.9 Å². The number of aliphatic carboxylic acids is 1. The van der Waals surface area contributed by atoms with Crippen LogP contribution in [0, 0.1) is 31.8 Å². The van der Waals surface area contributed by atoms with Gasteiger partial charge in [0.15, 0.2) is 0 Å². The predicted molar refractivity (Wildman–Crippen MR) is 339 cm³/mol. The lowest BCUT2D eigenvalue weighted by Crippen LogP contribution is -2.25. The van der Waals surface area contributed by atoms with Crippen molar-refractivity contribution in [3.05, 3.63) is 239 Å². The molecule has 8 heteroatoms. The van der Waals surface area contributed by atoms with Gasteiger partial charge in [0.1, 0.15) is 6.07 Å². The molecule has 1 aliphatic carbocycles. The van der Waals surface area contributed by atoms with Gasteiger partial charge in [0.25, 0.3) is 12.2 Å². The number of nitriles is 1. The molecule has 0 amide bonds. The maximum atomic E-state index is 11.5. The van der Waals surface area contributed by atoms with E-state index in [9.17, 15) is 20.0 Å². The first-order valence-corrected chi connectivity index (χ1v) is 29.6. The number of fused-ring (bicyclic) bond motifs is 6. The molecule has 0 radical (unpaired) electrons. The summed E-state index contributed by atoms with van der Waals surface area (Å²) in [5, 5.41) is 21.3. The molecule has 1 heterocycles. The third kappa shape index (κ3) is 12.6. The number of anilines is 3. The number of carbonyl (C=O) groups is 2. The van der Waals surface area contributed by atoms with Crippen molar-refractivity contribution < 1.29 is 19.4 Å². The van der Waals surface area contributed by atoms with E-state index in [4.69, 9.17) is 11.3 Å². The van der Waals surface area contributed by atoms with Crippen molar-refractivity contribution in [1.29, 1.82) is 5.26 Å². The van der Waals surface area contributed by atoms with Gasteiger partial charge in [-0.2, -0.15) is 5.26 Å². The van der Waals surface area contributed by atoms with Crippen molar-refractivity contribution in [3.63, 3.8) is 0 Å². The zero-order chi connectivity index (χ0) is 57.7. The number of nitrogens with zero attached hydrogens (tertiary/aromatic N) is 4. The number of allylic oxidation sites excluding steroid dienone is 3. The highest BCUT2D eigenvalue weighted by atomic mass is 16.5. The summed E-state index contributed by atoms with van der Waals surface area (Å²) in [7, 11) is 0. The standard InChI is InChI=1S/C75H72N4O4/c1-5-6-7-12-19-55-27-37-63(38-28-55)79-72-23-16-15-21-67(72)68-49-58(34-45-73(68)79)56-29-39-61(40-30-56)78(60-35-24-53(2)25-36-60)62-41-31-57(32-42-62)59-33-44-66-65-43-26-54(3)48-69(65)75(70(66)50-59,46-17-10-8-13-20-64(51-76)83-52-80)47-18-11-9-14-22-71(77-4)74(81)82/h15-16,20-45,48-50,52H,5-14,17-19,46-47H2,1-3H3,(H,81,82)/b64-20+,71-22+. The zero-order valence-electron chi connectivity index (χ0n) is 48.0. The first-order chi connectivity index (χ1) is 40.6. The van der Waals surface area contributed by atoms with Crippen LogP contribution in [0.15, 0.2) is 200 Å². The monoisotopic (exact) mass is 1090 g/mol. The third-order valence-electron chi connectivity index (χ3n) is 16.8. The van der Waals surface area contributed by atoms with Crippen LogP contribution < -0.4 is 4.90 Å². The Morgan fingerprint density at radius 1 is 0.614 bits per heavy atom. The highest BCUT2D eigenvalue weighted by Crippen LogP contribution is 2.55. The maximum absolute atomic E-state index is 11.5. The van der Waals surface area contributed by atoms with Gasteiger partial charge in [-0.05, 0) is 188 Å². The van der Waals surface area contributed by atoms with E-state index >= 15 is 0 Å². The van der Waals surface area contributed by atoms with Crippen LogP contribution in [-0.2, 0) is 26.2 Å². The molecule has 0 bridgehead atoms. The zero-order valence-corrected chi connectivity index (χ0v) is 48.0. The number of aryl methyl sites for hydroxylation is 3. The molecule has 416 valence electrons. The van der Waals surface area contributed by atoms with Crippen molar-refractivity contribution in [2.75, 3.05) is 4.90 Å². The van der Waals surface area contributed by atoms with Crippen molar-refractivity contribution in [1.82, 2.24) is 4.57 Å². The summed E-state index contributed by atoms with van der Waals surface area (Å²) in [5.74, 6) is -1.15. The Morgan fingerprint density at radius 2 is 1.17 bits per heavy atom. The van der Waals surface area contributed by atoms with Crippen LogP contribution in [0.4, 0.5) is 17.1 Å². The van der Waals surface area contributed by atoms with E-state index in [1.807, 2.05) is 6.07 Å². The minimum atomic E-state index is -1.18. The van der Waals surface area contributed by atoms with E-state index in [1.54, 1.807) is 12.2 Å². The van der Waals surface area contributed by atoms with E-state index in [2.05, 4.69) is 211 Å². The summed E-state index contributed by atoms with van der Waals surface area (Å²) in [5.41, 5.74) is 19.9. The van der Waals surface area contributed by atoms with Gasteiger partial charge in [-0.25, -0.2) is 4.85 Å². The van der Waals surface area contributed by atoms with Crippen LogP contribution in [0.1, 0.15) is 125 Å². The Hall–Kier alpha value is -9.24. The van der Waals surface area contributed by atoms with Crippen molar-refractivity contribution in [3.8, 4) is 45.1 Å². The number of benzene rings is 8. The number of unbranched alkanes of at least 4 members (excludes halogenated alkanes) is 9. The van der Waals surface area contributed by atoms with Crippen molar-refractivity contribution in [2.24, 2.45) is 0 Å². The first-order valence-electron chi connectivity index (χ1n) is 29.6. The molecular weight excluding hydrogens is 1020 g/mol. The number of carbonyl (C=O) groups excluding carboxylic acids is 1. The summed E-state index contributed by atoms with van der Waals surface area (Å²) in [6.07, 6.45) is 17.8. The van der Waals surface area contributed by atoms with Crippen LogP contribution in [0.3, 0.4) is 0 Å². The number of carboxylic acids is 1. The molecule has 0 saturated heterocycles. The van der Waals surface area contributed by atoms with E-state index < -0.39 is 5.97 Å². The molecule has 1 aromatic heterocycles. The van der Waals surface area contributed by atoms with Crippen LogP contribution in [0.5, 0.6) is 0 Å². The topological polar surface area (TPSA) is 99.9 Å². The highest BCUT2D eigenvalue weighted by Gasteiger charge is 2.42. The SMILES string of the molecule is [C-]#[N+]/C(=C/CCCCCC1(CCCCC/C=C(\C#N)OC=O)c2cc(C)ccc2-c2ccc(-c3ccc(N(c4ccc(C)cc4)c4ccc(-c5ccc6c(c5)c5ccccc5n6-c5ccc(CCCCCC)cc5)cc4)cc3)cc21)C(=O)O. The molecule has 1 aliphatic rings. The van der Waals surface area contributed by atoms with Gasteiger partial charge in [-0.15, -0.1) is 0 Å². The van der Waals surface area contributed by atoms with Gasteiger partial charge in [0.05, 0.1) is 17.6 Å². The predicted octanol–water partition coefficient (Wildman–Crippen LogP) is 20.0. The summed E-state index contributed by atoms with van der Waals surface area (Å²) in [6, 6.07) is 67.3. The lowest BCUT2D eigenvalue weighted by molar-refractivity contribution is -0.132. The Morgan fingerprint density at radius 3 is 1.80 bits per heavy atom. The van der Waals surface area contributed by atoms with E-state index in [0.717, 1.165) is 91.5 Å². The number of ether oxygens (including phenoxy) is 1. The molecule has 0 saturated carbocycles. The molecular formula is C75H72N4O4. The number of hydrogen-bond acceptors (Lipinski definition) is 5. The molecule has 8 nitrogen and oxygen atoms in total. The fourth-order valence-corrected chi connectivity index (χ4v) is 12.5. The molecule has 1 atom stereocenters. The largest absolute Gasteiger partial charge is 0.486 e. The van der Waals surface area contributed by atoms with Gasteiger partial charge in [0.2, 0.25) is 5.76 Å². The average Bonchev–Trinajstić information content (AvgIpc) is 2.27. The first kappa shape index (κ1) is 57.0. The Bertz CT molecular complexity index is 3910. The molecule has 83 heavy (non-hydrogen) atoms. The molecule has 0 fully saturated rings. The minimum absolute atomic E-state index is 0.0282. The summed E-state index contributed by atoms with van der Waals surface area (Å²) < 4.78 is 7.23. The second-order valence-electron chi connectivity index (χ2n) is 22.3. The lowest BCUT2D eigenvalue weighted by Gasteiger charge is -2.33. The van der Waals surface area contributed by atoms with Gasteiger partial charge in [0, 0.05) is 38.9 Å². The number of aromatic nitrogens is 1. The van der Waals surface area contributed by atoms with Gasteiger partial charge >= 0.3 is 5.97 Å². The molecule has 1 N–H and O–H groups in total. The Kier molecular flexibility index (Phi) is 18.2. The highest BCUT2D eigenvalue weighted by molar-refractivity contribution is 6.10. The van der Waals surface area contributed by atoms with Crippen LogP contribution >= 0.6 is 0 Å². The summed E-state index contributed by atoms with van der Waals surface area (Å²) >= 11 is 0. The molecule has 0 spiro atoms. The second-order valence-corrected chi connectivity index (χ2v) is 22.3. The van der Waals surface area contributed by atoms with Crippen molar-refractivity contribution >= 4 is 51.3 Å². The Balaban J connectivity index is 0.935. The third-order valence-corrected chi connectivity index (χ3v) is 16.8. The molecule has 8 aromatic carbocycles. The van der Waals surface area contributed by atoms with Crippen LogP contribution in [0.25, 0.3) is 65.7 Å². The van der Waals surface area contributed by atoms with Gasteiger partial charge in [-0.3, -0.25) is 9.59 Å². The van der Waals surface area contributed by atoms with Crippen molar-refractivity contribution in [2.45, 2.75) is 122 Å². The normalized spacial score (nSPS) is 13.8. The summed E-state index contributed by atoms with van der Waals surface area (Å²) in [4.78, 5) is 28.0. The molecule has 1 unspecified atom stereocenters. The number of rotatable bonds is 26. The molecule has 0 aliphatic heterocycles. The number of para-hydroxylation sites is 1. The van der Waals surface area contributed by atoms with E-state index in [1.165, 1.54) is 97.7 Å². The van der Waals surface area contributed by atoms with Gasteiger partial charge < -0.3 is 19.3 Å². The fraction of sp³-hybridized carbons (Fsp3) is 0.253. The van der Waals surface area contributed by atoms with Gasteiger partial charge in [-0.1, -0.05) is 179 Å². The molecule has 10 rings (SSSR count). The van der Waals surface area contributed by atoms with E-state index in [0.29, 0.717) is 19.3 Å². The average molecular weight is 1090 g/mol. The quantitative estimate of drug-likeness (QED) is 0.0145. The number of hydrogen-bond donors (Lipinski definition) is 1. The minimum Gasteiger partial charge on any atom is -0.486 e. The number of carboxylic acid groups (broad SMARTS) is 1. The second kappa shape index (κ2) is 26.6. The summed E-state index contributed by atoms with van der Waals surface area (Å²) in [6.45, 7) is 14.1. The Labute approximate surface area is 489 Å². The fourth-order valence-electron chi connectivity index (χ4n) is 12.5. The lowest BCUT2D eigenvalue weighted by atomic mass is 9.70. The maximum Gasteiger partial charge on any atom is 0.333 e. The molecule has 9 aromatic rings. The smallest absolute Gasteiger partial charge is 0.333 e.